The predicted octanol–water partition coefficient (Wildman–Crippen LogP) is 5.85. The normalized spacial score (nSPS) is 12.5. The molecule has 0 aliphatic heterocycles. The average molecular weight is 354 g/mol. The van der Waals surface area contributed by atoms with Gasteiger partial charge in [0.2, 0.25) is 0 Å². The van der Waals surface area contributed by atoms with Gasteiger partial charge in [-0.1, -0.05) is 42.5 Å². The number of nitrogens with zero attached hydrogens (tertiary/aromatic N) is 2. The second-order valence-corrected chi connectivity index (χ2v) is 8.45. The Balaban J connectivity index is 2.32. The zero-order valence-electron chi connectivity index (χ0n) is 16.6. The molecule has 4 nitrogen and oxygen atoms in total. The van der Waals surface area contributed by atoms with Crippen LogP contribution in [-0.2, 0) is 0 Å². The highest BCUT2D eigenvalue weighted by molar-refractivity contribution is 5.77. The van der Waals surface area contributed by atoms with Gasteiger partial charge in [-0.25, -0.2) is 0 Å². The van der Waals surface area contributed by atoms with Crippen LogP contribution in [0.15, 0.2) is 48.5 Å². The third kappa shape index (κ3) is 4.87. The van der Waals surface area contributed by atoms with Gasteiger partial charge >= 0.3 is 0 Å². The molecule has 2 aromatic rings. The molecule has 0 aliphatic carbocycles. The highest BCUT2D eigenvalue weighted by Gasteiger charge is 2.21. The molecule has 0 fully saturated rings. The van der Waals surface area contributed by atoms with E-state index in [9.17, 15) is 10.4 Å². The van der Waals surface area contributed by atoms with Crippen LogP contribution >= 0.6 is 0 Å². The molecule has 0 amide bonds. The zero-order chi connectivity index (χ0) is 19.5. The smallest absolute Gasteiger partial charge is 0.0712 e. The summed E-state index contributed by atoms with van der Waals surface area (Å²) < 4.78 is 0. The maximum Gasteiger partial charge on any atom is 0.0712 e. The third-order valence-electron chi connectivity index (χ3n) is 4.01. The van der Waals surface area contributed by atoms with Gasteiger partial charge in [-0.3, -0.25) is 20.5 Å². The van der Waals surface area contributed by atoms with Gasteiger partial charge in [0.05, 0.1) is 22.5 Å². The summed E-state index contributed by atoms with van der Waals surface area (Å²) in [6.07, 6.45) is 3.96. The summed E-state index contributed by atoms with van der Waals surface area (Å²) in [4.78, 5) is 0. The molecule has 0 aromatic heterocycles. The first-order valence-electron chi connectivity index (χ1n) is 8.85. The molecule has 0 aliphatic rings. The molecule has 0 radical (unpaired) electrons. The SMILES string of the molecule is CC(C)(C)N(O)c1cccc(/C=C/c2ccccc2N(O)C(C)(C)C)c1. The largest absolute Gasteiger partial charge is 0.288 e. The minimum Gasteiger partial charge on any atom is -0.288 e. The predicted molar refractivity (Wildman–Crippen MR) is 110 cm³/mol. The minimum atomic E-state index is -0.395. The fraction of sp³-hybridized carbons (Fsp3) is 0.364. The summed E-state index contributed by atoms with van der Waals surface area (Å²) in [6, 6.07) is 15.5. The molecule has 2 aromatic carbocycles. The number of hydroxylamine groups is 2. The first kappa shape index (κ1) is 20.0. The zero-order valence-corrected chi connectivity index (χ0v) is 16.6. The maximum absolute atomic E-state index is 10.5. The van der Waals surface area contributed by atoms with Gasteiger partial charge in [-0.2, -0.15) is 0 Å². The Bertz CT molecular complexity index is 770. The van der Waals surface area contributed by atoms with Gasteiger partial charge in [0, 0.05) is 5.56 Å². The minimum absolute atomic E-state index is 0.376. The fourth-order valence-electron chi connectivity index (χ4n) is 2.52. The van der Waals surface area contributed by atoms with Gasteiger partial charge < -0.3 is 0 Å². The van der Waals surface area contributed by atoms with E-state index in [4.69, 9.17) is 0 Å². The monoisotopic (exact) mass is 354 g/mol. The average Bonchev–Trinajstić information content (AvgIpc) is 2.57. The summed E-state index contributed by atoms with van der Waals surface area (Å²) in [5, 5.41) is 23.4. The van der Waals surface area contributed by atoms with Crippen molar-refractivity contribution in [2.75, 3.05) is 10.1 Å². The molecule has 0 spiro atoms. The number of hydrogen-bond donors (Lipinski definition) is 2. The topological polar surface area (TPSA) is 46.9 Å². The number of anilines is 2. The molecule has 26 heavy (non-hydrogen) atoms. The van der Waals surface area contributed by atoms with Crippen molar-refractivity contribution in [1.29, 1.82) is 0 Å². The van der Waals surface area contributed by atoms with Gasteiger partial charge in [-0.15, -0.1) is 0 Å². The van der Waals surface area contributed by atoms with Crippen molar-refractivity contribution in [3.05, 3.63) is 59.7 Å². The van der Waals surface area contributed by atoms with Crippen LogP contribution in [0.2, 0.25) is 0 Å². The van der Waals surface area contributed by atoms with E-state index in [1.54, 1.807) is 0 Å². The summed E-state index contributed by atoms with van der Waals surface area (Å²) >= 11 is 0. The Kier molecular flexibility index (Phi) is 5.79. The van der Waals surface area contributed by atoms with Crippen LogP contribution in [0, 0.1) is 0 Å². The van der Waals surface area contributed by atoms with Crippen LogP contribution in [0.4, 0.5) is 11.4 Å². The van der Waals surface area contributed by atoms with Crippen molar-refractivity contribution < 1.29 is 10.4 Å². The van der Waals surface area contributed by atoms with Gasteiger partial charge in [0.1, 0.15) is 0 Å². The summed E-state index contributed by atoms with van der Waals surface area (Å²) in [5.74, 6) is 0. The van der Waals surface area contributed by atoms with Crippen molar-refractivity contribution in [2.45, 2.75) is 52.6 Å². The van der Waals surface area contributed by atoms with Crippen LogP contribution < -0.4 is 10.1 Å². The van der Waals surface area contributed by atoms with Crippen LogP contribution in [0.5, 0.6) is 0 Å². The van der Waals surface area contributed by atoms with Gasteiger partial charge in [-0.05, 0) is 65.3 Å². The Labute approximate surface area is 156 Å². The fourth-order valence-corrected chi connectivity index (χ4v) is 2.52. The summed E-state index contributed by atoms with van der Waals surface area (Å²) in [5.41, 5.74) is 2.62. The first-order valence-corrected chi connectivity index (χ1v) is 8.85. The lowest BCUT2D eigenvalue weighted by molar-refractivity contribution is 0.181. The second-order valence-electron chi connectivity index (χ2n) is 8.45. The number of rotatable bonds is 4. The highest BCUT2D eigenvalue weighted by Crippen LogP contribution is 2.28. The second kappa shape index (κ2) is 7.52. The molecule has 0 saturated carbocycles. The third-order valence-corrected chi connectivity index (χ3v) is 4.01. The molecule has 0 heterocycles. The Morgan fingerprint density at radius 3 is 1.96 bits per heavy atom. The molecular weight excluding hydrogens is 324 g/mol. The van der Waals surface area contributed by atoms with Crippen LogP contribution in [0.25, 0.3) is 12.2 Å². The lowest BCUT2D eigenvalue weighted by Crippen LogP contribution is -2.39. The highest BCUT2D eigenvalue weighted by atomic mass is 16.5. The molecule has 0 atom stereocenters. The van der Waals surface area contributed by atoms with Crippen molar-refractivity contribution in [1.82, 2.24) is 0 Å². The Hall–Kier alpha value is -2.30. The lowest BCUT2D eigenvalue weighted by Gasteiger charge is -2.32. The van der Waals surface area contributed by atoms with E-state index in [1.165, 1.54) is 10.1 Å². The van der Waals surface area contributed by atoms with Gasteiger partial charge in [0.15, 0.2) is 0 Å². The van der Waals surface area contributed by atoms with Crippen molar-refractivity contribution in [3.8, 4) is 0 Å². The molecule has 2 N–H and O–H groups in total. The molecule has 0 unspecified atom stereocenters. The van der Waals surface area contributed by atoms with Crippen LogP contribution in [0.3, 0.4) is 0 Å². The summed E-state index contributed by atoms with van der Waals surface area (Å²) in [6.45, 7) is 11.7. The Morgan fingerprint density at radius 2 is 1.35 bits per heavy atom. The van der Waals surface area contributed by atoms with E-state index in [1.807, 2.05) is 102 Å². The number of hydrogen-bond acceptors (Lipinski definition) is 4. The van der Waals surface area contributed by atoms with Crippen LogP contribution in [0.1, 0.15) is 52.7 Å². The molecule has 140 valence electrons. The van der Waals surface area contributed by atoms with E-state index < -0.39 is 5.54 Å². The molecule has 4 heteroatoms. The van der Waals surface area contributed by atoms with E-state index in [0.29, 0.717) is 0 Å². The quantitative estimate of drug-likeness (QED) is 0.534. The van der Waals surface area contributed by atoms with Crippen LogP contribution in [-0.4, -0.2) is 21.5 Å². The standard InChI is InChI=1S/C22H30N2O2/c1-21(2,3)23(25)19-12-9-10-17(16-19)14-15-18-11-7-8-13-20(18)24(26)22(4,5)6/h7-16,25-26H,1-6H3/b15-14+. The lowest BCUT2D eigenvalue weighted by atomic mass is 10.0. The number of para-hydroxylation sites is 1. The summed E-state index contributed by atoms with van der Waals surface area (Å²) in [7, 11) is 0. The van der Waals surface area contributed by atoms with E-state index in [0.717, 1.165) is 22.5 Å². The molecular formula is C22H30N2O2. The van der Waals surface area contributed by atoms with Crippen molar-refractivity contribution >= 4 is 23.5 Å². The molecule has 0 bridgehead atoms. The van der Waals surface area contributed by atoms with Gasteiger partial charge in [0.25, 0.3) is 0 Å². The number of benzene rings is 2. The van der Waals surface area contributed by atoms with Crippen molar-refractivity contribution in [3.63, 3.8) is 0 Å². The maximum atomic E-state index is 10.5. The van der Waals surface area contributed by atoms with E-state index in [2.05, 4.69) is 0 Å². The molecule has 2 rings (SSSR count). The van der Waals surface area contributed by atoms with E-state index in [-0.39, 0.29) is 5.54 Å². The van der Waals surface area contributed by atoms with E-state index >= 15 is 0 Å². The molecule has 0 saturated heterocycles. The first-order chi connectivity index (χ1) is 12.0. The Morgan fingerprint density at radius 1 is 0.731 bits per heavy atom. The van der Waals surface area contributed by atoms with Crippen molar-refractivity contribution in [2.24, 2.45) is 0 Å².